The Bertz CT molecular complexity index is 494. The van der Waals surface area contributed by atoms with E-state index in [4.69, 9.17) is 5.73 Å². The van der Waals surface area contributed by atoms with Gasteiger partial charge in [0.1, 0.15) is 0 Å². The highest BCUT2D eigenvalue weighted by Gasteiger charge is 2.31. The molecule has 4 nitrogen and oxygen atoms in total. The van der Waals surface area contributed by atoms with Gasteiger partial charge in [-0.05, 0) is 37.8 Å². The number of hydrogen-bond acceptors (Lipinski definition) is 3. The van der Waals surface area contributed by atoms with Crippen LogP contribution in [-0.2, 0) is 11.2 Å². The van der Waals surface area contributed by atoms with E-state index >= 15 is 0 Å². The van der Waals surface area contributed by atoms with Crippen molar-refractivity contribution < 1.29 is 4.79 Å². The molecule has 0 radical (unpaired) electrons. The van der Waals surface area contributed by atoms with Crippen molar-refractivity contribution in [2.24, 2.45) is 5.73 Å². The van der Waals surface area contributed by atoms with E-state index in [0.29, 0.717) is 12.6 Å². The van der Waals surface area contributed by atoms with Crippen molar-refractivity contribution in [3.63, 3.8) is 0 Å². The standard InChI is InChI=1S/C16H23N3O/c1-12-10-13-4-2-3-5-15(13)19(12)16(20)11-18-8-6-14(17)7-9-18/h2-5,12,14H,6-11,17H2,1H3. The van der Waals surface area contributed by atoms with E-state index in [1.54, 1.807) is 0 Å². The number of carbonyl (C=O) groups is 1. The predicted molar refractivity (Wildman–Crippen MR) is 80.7 cm³/mol. The number of hydrogen-bond donors (Lipinski definition) is 1. The topological polar surface area (TPSA) is 49.6 Å². The Labute approximate surface area is 120 Å². The zero-order chi connectivity index (χ0) is 14.1. The lowest BCUT2D eigenvalue weighted by molar-refractivity contribution is -0.120. The van der Waals surface area contributed by atoms with Crippen LogP contribution in [0.15, 0.2) is 24.3 Å². The van der Waals surface area contributed by atoms with Crippen LogP contribution in [0.2, 0.25) is 0 Å². The molecule has 2 aliphatic heterocycles. The van der Waals surface area contributed by atoms with Crippen molar-refractivity contribution >= 4 is 11.6 Å². The number of anilines is 1. The van der Waals surface area contributed by atoms with E-state index in [2.05, 4.69) is 24.0 Å². The van der Waals surface area contributed by atoms with Crippen molar-refractivity contribution in [2.75, 3.05) is 24.5 Å². The van der Waals surface area contributed by atoms with Gasteiger partial charge < -0.3 is 10.6 Å². The molecule has 0 aliphatic carbocycles. The van der Waals surface area contributed by atoms with Crippen molar-refractivity contribution in [2.45, 2.75) is 38.3 Å². The third-order valence-electron chi connectivity index (χ3n) is 4.47. The van der Waals surface area contributed by atoms with Crippen molar-refractivity contribution in [3.05, 3.63) is 29.8 Å². The maximum absolute atomic E-state index is 12.6. The number of likely N-dealkylation sites (tertiary alicyclic amines) is 1. The molecule has 1 saturated heterocycles. The van der Waals surface area contributed by atoms with Crippen LogP contribution in [0.3, 0.4) is 0 Å². The highest BCUT2D eigenvalue weighted by Crippen LogP contribution is 2.31. The van der Waals surface area contributed by atoms with Crippen LogP contribution in [0.1, 0.15) is 25.3 Å². The summed E-state index contributed by atoms with van der Waals surface area (Å²) in [5, 5.41) is 0. The smallest absolute Gasteiger partial charge is 0.241 e. The number of nitrogens with two attached hydrogens (primary N) is 1. The predicted octanol–water partition coefficient (Wildman–Crippen LogP) is 1.39. The van der Waals surface area contributed by atoms with Gasteiger partial charge in [0, 0.05) is 30.9 Å². The van der Waals surface area contributed by atoms with Gasteiger partial charge >= 0.3 is 0 Å². The van der Waals surface area contributed by atoms with E-state index < -0.39 is 0 Å². The molecule has 0 spiro atoms. The summed E-state index contributed by atoms with van der Waals surface area (Å²) in [5.74, 6) is 0.220. The summed E-state index contributed by atoms with van der Waals surface area (Å²) in [6.45, 7) is 4.53. The summed E-state index contributed by atoms with van der Waals surface area (Å²) in [7, 11) is 0. The summed E-state index contributed by atoms with van der Waals surface area (Å²) < 4.78 is 0. The highest BCUT2D eigenvalue weighted by molar-refractivity contribution is 5.97. The van der Waals surface area contributed by atoms with Gasteiger partial charge in [-0.25, -0.2) is 0 Å². The fourth-order valence-electron chi connectivity index (χ4n) is 3.32. The number of carbonyl (C=O) groups excluding carboxylic acids is 1. The van der Waals surface area contributed by atoms with Crippen molar-refractivity contribution in [1.29, 1.82) is 0 Å². The molecule has 1 unspecified atom stereocenters. The normalized spacial score (nSPS) is 23.9. The maximum atomic E-state index is 12.6. The molecule has 4 heteroatoms. The second-order valence-corrected chi connectivity index (χ2v) is 6.06. The first-order chi connectivity index (χ1) is 9.65. The molecule has 1 aromatic carbocycles. The molecule has 0 aromatic heterocycles. The van der Waals surface area contributed by atoms with Gasteiger partial charge in [0.15, 0.2) is 0 Å². The fraction of sp³-hybridized carbons (Fsp3) is 0.562. The average Bonchev–Trinajstić information content (AvgIpc) is 2.77. The Kier molecular flexibility index (Phi) is 3.76. The van der Waals surface area contributed by atoms with Crippen molar-refractivity contribution in [1.82, 2.24) is 4.90 Å². The first-order valence-corrected chi connectivity index (χ1v) is 7.53. The molecule has 0 bridgehead atoms. The lowest BCUT2D eigenvalue weighted by Crippen LogP contribution is -2.47. The number of piperidine rings is 1. The second kappa shape index (κ2) is 5.54. The fourth-order valence-corrected chi connectivity index (χ4v) is 3.32. The van der Waals surface area contributed by atoms with Crippen LogP contribution >= 0.6 is 0 Å². The quantitative estimate of drug-likeness (QED) is 0.886. The van der Waals surface area contributed by atoms with E-state index in [1.807, 2.05) is 17.0 Å². The number of fused-ring (bicyclic) bond motifs is 1. The second-order valence-electron chi connectivity index (χ2n) is 6.06. The maximum Gasteiger partial charge on any atom is 0.241 e. The Morgan fingerprint density at radius 3 is 2.75 bits per heavy atom. The lowest BCUT2D eigenvalue weighted by atomic mass is 10.1. The van der Waals surface area contributed by atoms with Gasteiger partial charge in [-0.3, -0.25) is 9.69 Å². The molecule has 1 aromatic rings. The molecular weight excluding hydrogens is 250 g/mol. The van der Waals surface area contributed by atoms with Gasteiger partial charge in [0.05, 0.1) is 6.54 Å². The van der Waals surface area contributed by atoms with Crippen LogP contribution in [0.4, 0.5) is 5.69 Å². The Morgan fingerprint density at radius 1 is 1.30 bits per heavy atom. The molecule has 2 N–H and O–H groups in total. The number of nitrogens with zero attached hydrogens (tertiary/aromatic N) is 2. The summed E-state index contributed by atoms with van der Waals surface area (Å²) in [6.07, 6.45) is 2.96. The monoisotopic (exact) mass is 273 g/mol. The zero-order valence-corrected chi connectivity index (χ0v) is 12.1. The Balaban J connectivity index is 1.68. The van der Waals surface area contributed by atoms with Crippen LogP contribution in [-0.4, -0.2) is 42.5 Å². The number of amides is 1. The third kappa shape index (κ3) is 2.58. The van der Waals surface area contributed by atoms with E-state index in [-0.39, 0.29) is 11.9 Å². The molecule has 3 rings (SSSR count). The molecule has 2 aliphatic rings. The number of para-hydroxylation sites is 1. The summed E-state index contributed by atoms with van der Waals surface area (Å²) >= 11 is 0. The number of rotatable bonds is 2. The molecule has 1 atom stereocenters. The minimum atomic E-state index is 0.220. The minimum Gasteiger partial charge on any atom is -0.328 e. The first-order valence-electron chi connectivity index (χ1n) is 7.53. The SMILES string of the molecule is CC1Cc2ccccc2N1C(=O)CN1CCC(N)CC1. The lowest BCUT2D eigenvalue weighted by Gasteiger charge is -2.32. The van der Waals surface area contributed by atoms with E-state index in [1.165, 1.54) is 5.56 Å². The molecule has 1 amide bonds. The molecule has 108 valence electrons. The van der Waals surface area contributed by atoms with Crippen molar-refractivity contribution in [3.8, 4) is 0 Å². The van der Waals surface area contributed by atoms with Gasteiger partial charge in [-0.1, -0.05) is 18.2 Å². The van der Waals surface area contributed by atoms with Gasteiger partial charge in [-0.15, -0.1) is 0 Å². The zero-order valence-electron chi connectivity index (χ0n) is 12.1. The highest BCUT2D eigenvalue weighted by atomic mass is 16.2. The van der Waals surface area contributed by atoms with Crippen LogP contribution in [0.5, 0.6) is 0 Å². The molecule has 1 fully saturated rings. The third-order valence-corrected chi connectivity index (χ3v) is 4.47. The Morgan fingerprint density at radius 2 is 2.00 bits per heavy atom. The summed E-state index contributed by atoms with van der Waals surface area (Å²) in [6, 6.07) is 8.82. The molecule has 20 heavy (non-hydrogen) atoms. The van der Waals surface area contributed by atoms with Gasteiger partial charge in [-0.2, -0.15) is 0 Å². The molecule has 0 saturated carbocycles. The molecular formula is C16H23N3O. The minimum absolute atomic E-state index is 0.220. The van der Waals surface area contributed by atoms with Gasteiger partial charge in [0.2, 0.25) is 5.91 Å². The van der Waals surface area contributed by atoms with Gasteiger partial charge in [0.25, 0.3) is 0 Å². The van der Waals surface area contributed by atoms with E-state index in [0.717, 1.165) is 38.0 Å². The first kappa shape index (κ1) is 13.6. The average molecular weight is 273 g/mol. The Hall–Kier alpha value is -1.39. The summed E-state index contributed by atoms with van der Waals surface area (Å²) in [5.41, 5.74) is 8.30. The summed E-state index contributed by atoms with van der Waals surface area (Å²) in [4.78, 5) is 16.8. The molecule has 2 heterocycles. The van der Waals surface area contributed by atoms with Crippen LogP contribution in [0, 0.1) is 0 Å². The van der Waals surface area contributed by atoms with Crippen LogP contribution < -0.4 is 10.6 Å². The van der Waals surface area contributed by atoms with Crippen LogP contribution in [0.25, 0.3) is 0 Å². The number of benzene rings is 1. The van der Waals surface area contributed by atoms with E-state index in [9.17, 15) is 4.79 Å². The largest absolute Gasteiger partial charge is 0.328 e.